The Bertz CT molecular complexity index is 1280. The van der Waals surface area contributed by atoms with Crippen molar-refractivity contribution in [3.8, 4) is 18.1 Å². The van der Waals surface area contributed by atoms with Gasteiger partial charge in [-0.05, 0) is 42.8 Å². The molecule has 0 aliphatic carbocycles. The molecule has 0 bridgehead atoms. The first kappa shape index (κ1) is 22.3. The minimum absolute atomic E-state index is 0.0354. The lowest BCUT2D eigenvalue weighted by Crippen LogP contribution is -2.14. The summed E-state index contributed by atoms with van der Waals surface area (Å²) in [7, 11) is -3.90. The summed E-state index contributed by atoms with van der Waals surface area (Å²) in [6.07, 6.45) is 6.12. The topological polar surface area (TPSA) is 119 Å². The monoisotopic (exact) mass is 461 g/mol. The third-order valence-electron chi connectivity index (χ3n) is 4.00. The fourth-order valence-corrected chi connectivity index (χ4v) is 3.62. The number of anilines is 4. The molecular formula is C20H17ClFN5O3S. The zero-order chi connectivity index (χ0) is 22.6. The number of rotatable bonds is 7. The largest absolute Gasteiger partial charge is 0.479 e. The van der Waals surface area contributed by atoms with Gasteiger partial charge in [0.05, 0.1) is 16.1 Å². The Morgan fingerprint density at radius 1 is 1.23 bits per heavy atom. The summed E-state index contributed by atoms with van der Waals surface area (Å²) in [6.45, 7) is 1.68. The van der Waals surface area contributed by atoms with Crippen molar-refractivity contribution in [3.63, 3.8) is 0 Å². The molecule has 0 aliphatic heterocycles. The number of terminal acetylenes is 1. The predicted molar refractivity (Wildman–Crippen MR) is 117 cm³/mol. The summed E-state index contributed by atoms with van der Waals surface area (Å²) in [5.74, 6) is 1.93. The number of aryl methyl sites for hydroxylation is 1. The molecule has 3 rings (SSSR count). The van der Waals surface area contributed by atoms with Crippen LogP contribution in [0.2, 0.25) is 5.02 Å². The van der Waals surface area contributed by atoms with Crippen LogP contribution in [0.15, 0.2) is 47.5 Å². The molecule has 0 spiro atoms. The van der Waals surface area contributed by atoms with E-state index in [0.29, 0.717) is 22.7 Å². The normalized spacial score (nSPS) is 10.9. The van der Waals surface area contributed by atoms with Crippen LogP contribution >= 0.6 is 11.6 Å². The van der Waals surface area contributed by atoms with Gasteiger partial charge in [-0.1, -0.05) is 23.6 Å². The fraction of sp³-hybridized carbons (Fsp3) is 0.100. The Kier molecular flexibility index (Phi) is 6.60. The van der Waals surface area contributed by atoms with Crippen LogP contribution in [-0.4, -0.2) is 25.0 Å². The van der Waals surface area contributed by atoms with Crippen LogP contribution in [0.4, 0.5) is 27.5 Å². The number of nitrogens with one attached hydrogen (secondary N) is 2. The quantitative estimate of drug-likeness (QED) is 0.458. The van der Waals surface area contributed by atoms with Crippen LogP contribution in [0, 0.1) is 25.1 Å². The third-order valence-corrected chi connectivity index (χ3v) is 5.35. The molecule has 0 amide bonds. The number of benzene rings is 2. The number of sulfonamides is 1. The molecule has 160 valence electrons. The lowest BCUT2D eigenvalue weighted by atomic mass is 10.2. The highest BCUT2D eigenvalue weighted by atomic mass is 35.5. The van der Waals surface area contributed by atoms with Crippen LogP contribution < -0.4 is 20.5 Å². The van der Waals surface area contributed by atoms with E-state index in [1.165, 1.54) is 12.1 Å². The molecule has 31 heavy (non-hydrogen) atoms. The van der Waals surface area contributed by atoms with Gasteiger partial charge in [-0.15, -0.1) is 6.42 Å². The fourth-order valence-electron chi connectivity index (χ4n) is 2.58. The van der Waals surface area contributed by atoms with E-state index in [4.69, 9.17) is 27.9 Å². The van der Waals surface area contributed by atoms with Gasteiger partial charge in [0.1, 0.15) is 12.4 Å². The standard InChI is InChI=1S/C20H17ClFN5O3S/c1-3-8-30-17-7-6-13(9-15(17)21)25-19-16(22)11-24-20(27-19)26-14-5-4-12(2)18(10-14)31(23,28)29/h1,4-7,9-11H,8H2,2H3,(H2,23,28,29)(H2,24,25,26,27). The second-order valence-electron chi connectivity index (χ2n) is 6.30. The summed E-state index contributed by atoms with van der Waals surface area (Å²) in [6, 6.07) is 9.28. The molecule has 1 heterocycles. The molecule has 0 saturated carbocycles. The number of aromatic nitrogens is 2. The summed E-state index contributed by atoms with van der Waals surface area (Å²) >= 11 is 6.14. The van der Waals surface area contributed by atoms with Gasteiger partial charge in [0, 0.05) is 11.4 Å². The predicted octanol–water partition coefficient (Wildman–Crippen LogP) is 3.72. The van der Waals surface area contributed by atoms with Crippen molar-refractivity contribution in [2.45, 2.75) is 11.8 Å². The highest BCUT2D eigenvalue weighted by Gasteiger charge is 2.14. The molecular weight excluding hydrogens is 445 g/mol. The molecule has 4 N–H and O–H groups in total. The zero-order valence-corrected chi connectivity index (χ0v) is 17.8. The number of halogens is 2. The minimum Gasteiger partial charge on any atom is -0.479 e. The Labute approximate surface area is 183 Å². The second-order valence-corrected chi connectivity index (χ2v) is 8.24. The summed E-state index contributed by atoms with van der Waals surface area (Å²) in [5.41, 5.74) is 1.31. The molecule has 0 saturated heterocycles. The van der Waals surface area contributed by atoms with Gasteiger partial charge in [0.2, 0.25) is 16.0 Å². The Morgan fingerprint density at radius 3 is 2.61 bits per heavy atom. The summed E-state index contributed by atoms with van der Waals surface area (Å²) in [5, 5.41) is 11.1. The van der Waals surface area contributed by atoms with Crippen molar-refractivity contribution >= 4 is 44.8 Å². The van der Waals surface area contributed by atoms with Crippen molar-refractivity contribution in [2.24, 2.45) is 5.14 Å². The molecule has 11 heteroatoms. The maximum Gasteiger partial charge on any atom is 0.238 e. The first-order valence-corrected chi connectivity index (χ1v) is 10.7. The molecule has 3 aromatic rings. The van der Waals surface area contributed by atoms with Gasteiger partial charge in [0.15, 0.2) is 11.6 Å². The lowest BCUT2D eigenvalue weighted by molar-refractivity contribution is 0.370. The number of primary sulfonamides is 1. The number of nitrogens with zero attached hydrogens (tertiary/aromatic N) is 2. The average molecular weight is 462 g/mol. The SMILES string of the molecule is C#CCOc1ccc(Nc2nc(Nc3ccc(C)c(S(N)(=O)=O)c3)ncc2F)cc1Cl. The molecule has 0 unspecified atom stereocenters. The first-order chi connectivity index (χ1) is 14.7. The van der Waals surface area contributed by atoms with E-state index in [1.54, 1.807) is 31.2 Å². The van der Waals surface area contributed by atoms with Crippen molar-refractivity contribution in [1.82, 2.24) is 9.97 Å². The van der Waals surface area contributed by atoms with Crippen LogP contribution in [0.3, 0.4) is 0 Å². The van der Waals surface area contributed by atoms with E-state index < -0.39 is 15.8 Å². The van der Waals surface area contributed by atoms with Crippen molar-refractivity contribution in [3.05, 3.63) is 59.0 Å². The van der Waals surface area contributed by atoms with Crippen molar-refractivity contribution < 1.29 is 17.5 Å². The average Bonchev–Trinajstić information content (AvgIpc) is 2.70. The zero-order valence-electron chi connectivity index (χ0n) is 16.2. The maximum atomic E-state index is 14.2. The van der Waals surface area contributed by atoms with Gasteiger partial charge in [-0.3, -0.25) is 0 Å². The Balaban J connectivity index is 1.83. The highest BCUT2D eigenvalue weighted by molar-refractivity contribution is 7.89. The van der Waals surface area contributed by atoms with Gasteiger partial charge in [-0.2, -0.15) is 4.98 Å². The van der Waals surface area contributed by atoms with Crippen LogP contribution in [0.25, 0.3) is 0 Å². The third kappa shape index (κ3) is 5.61. The van der Waals surface area contributed by atoms with Crippen molar-refractivity contribution in [1.29, 1.82) is 0 Å². The summed E-state index contributed by atoms with van der Waals surface area (Å²) < 4.78 is 42.9. The smallest absolute Gasteiger partial charge is 0.238 e. The number of hydrogen-bond donors (Lipinski definition) is 3. The van der Waals surface area contributed by atoms with Gasteiger partial charge >= 0.3 is 0 Å². The molecule has 0 aliphatic rings. The van der Waals surface area contributed by atoms with Crippen LogP contribution in [-0.2, 0) is 10.0 Å². The lowest BCUT2D eigenvalue weighted by Gasteiger charge is -2.12. The minimum atomic E-state index is -3.90. The Morgan fingerprint density at radius 2 is 1.94 bits per heavy atom. The highest BCUT2D eigenvalue weighted by Crippen LogP contribution is 2.30. The van der Waals surface area contributed by atoms with E-state index in [1.807, 2.05) is 0 Å². The van der Waals surface area contributed by atoms with Gasteiger partial charge < -0.3 is 15.4 Å². The van der Waals surface area contributed by atoms with E-state index in [9.17, 15) is 12.8 Å². The Hall–Kier alpha value is -3.39. The second kappa shape index (κ2) is 9.18. The molecule has 0 radical (unpaired) electrons. The van der Waals surface area contributed by atoms with E-state index in [-0.39, 0.29) is 28.3 Å². The number of nitrogens with two attached hydrogens (primary N) is 1. The number of hydrogen-bond acceptors (Lipinski definition) is 7. The van der Waals surface area contributed by atoms with Gasteiger partial charge in [-0.25, -0.2) is 22.9 Å². The number of ether oxygens (including phenoxy) is 1. The van der Waals surface area contributed by atoms with E-state index in [0.717, 1.165) is 6.20 Å². The maximum absolute atomic E-state index is 14.2. The summed E-state index contributed by atoms with van der Waals surface area (Å²) in [4.78, 5) is 7.92. The van der Waals surface area contributed by atoms with Crippen LogP contribution in [0.1, 0.15) is 5.56 Å². The molecule has 0 fully saturated rings. The molecule has 2 aromatic carbocycles. The first-order valence-electron chi connectivity index (χ1n) is 8.73. The van der Waals surface area contributed by atoms with Crippen molar-refractivity contribution in [2.75, 3.05) is 17.2 Å². The van der Waals surface area contributed by atoms with Gasteiger partial charge in [0.25, 0.3) is 0 Å². The van der Waals surface area contributed by atoms with E-state index >= 15 is 0 Å². The molecule has 0 atom stereocenters. The van der Waals surface area contributed by atoms with E-state index in [2.05, 4.69) is 26.5 Å². The molecule has 1 aromatic heterocycles. The molecule has 8 nitrogen and oxygen atoms in total. The van der Waals surface area contributed by atoms with Crippen LogP contribution in [0.5, 0.6) is 5.75 Å².